The fraction of sp³-hybridized carbons (Fsp3) is 0.750. The quantitative estimate of drug-likeness (QED) is 0.916. The Morgan fingerprint density at radius 1 is 1.05 bits per heavy atom. The zero-order valence-electron chi connectivity index (χ0n) is 12.5. The first-order chi connectivity index (χ1) is 9.87. The zero-order valence-corrected chi connectivity index (χ0v) is 12.5. The Kier molecular flexibility index (Phi) is 4.32. The summed E-state index contributed by atoms with van der Waals surface area (Å²) in [5.41, 5.74) is 1.52. The second kappa shape index (κ2) is 6.19. The molecule has 1 aromatic heterocycles. The van der Waals surface area contributed by atoms with Gasteiger partial charge >= 0.3 is 0 Å². The van der Waals surface area contributed by atoms with E-state index >= 15 is 0 Å². The number of nitrogens with one attached hydrogen (secondary N) is 1. The lowest BCUT2D eigenvalue weighted by Gasteiger charge is -2.48. The van der Waals surface area contributed by atoms with Crippen LogP contribution >= 0.6 is 0 Å². The van der Waals surface area contributed by atoms with Crippen molar-refractivity contribution in [1.29, 1.82) is 0 Å². The number of piperidine rings is 1. The summed E-state index contributed by atoms with van der Waals surface area (Å²) in [4.78, 5) is 11.2. The maximum absolute atomic E-state index is 4.23. The van der Waals surface area contributed by atoms with Crippen LogP contribution in [0.2, 0.25) is 0 Å². The van der Waals surface area contributed by atoms with Gasteiger partial charge in [-0.25, -0.2) is 9.97 Å². The lowest BCUT2D eigenvalue weighted by Crippen LogP contribution is -2.56. The van der Waals surface area contributed by atoms with E-state index in [0.717, 1.165) is 0 Å². The highest BCUT2D eigenvalue weighted by atomic mass is 15.2. The molecule has 4 nitrogen and oxygen atoms in total. The summed E-state index contributed by atoms with van der Waals surface area (Å²) in [6, 6.07) is 0.351. The second-order valence-electron chi connectivity index (χ2n) is 6.25. The predicted octanol–water partition coefficient (Wildman–Crippen LogP) is 2.54. The van der Waals surface area contributed by atoms with E-state index in [0.29, 0.717) is 6.04 Å². The molecule has 1 saturated heterocycles. The predicted molar refractivity (Wildman–Crippen MR) is 80.5 cm³/mol. The molecule has 110 valence electrons. The van der Waals surface area contributed by atoms with Crippen LogP contribution in [0.5, 0.6) is 0 Å². The average molecular weight is 274 g/mol. The van der Waals surface area contributed by atoms with Crippen molar-refractivity contribution in [3.8, 4) is 0 Å². The van der Waals surface area contributed by atoms with Crippen molar-refractivity contribution in [1.82, 2.24) is 20.2 Å². The highest BCUT2D eigenvalue weighted by Gasteiger charge is 2.46. The summed E-state index contributed by atoms with van der Waals surface area (Å²) in [6.45, 7) is 2.51. The van der Waals surface area contributed by atoms with Crippen LogP contribution in [0.1, 0.15) is 56.6 Å². The van der Waals surface area contributed by atoms with Gasteiger partial charge in [-0.05, 0) is 45.8 Å². The number of hydrogen-bond acceptors (Lipinski definition) is 4. The van der Waals surface area contributed by atoms with Crippen LogP contribution in [0, 0.1) is 0 Å². The van der Waals surface area contributed by atoms with Crippen molar-refractivity contribution in [2.24, 2.45) is 0 Å². The molecule has 2 fully saturated rings. The molecule has 1 unspecified atom stereocenters. The lowest BCUT2D eigenvalue weighted by molar-refractivity contribution is 0.0382. The van der Waals surface area contributed by atoms with Crippen LogP contribution in [0.4, 0.5) is 0 Å². The minimum Gasteiger partial charge on any atom is -0.311 e. The van der Waals surface area contributed by atoms with Gasteiger partial charge in [0.2, 0.25) is 0 Å². The molecule has 20 heavy (non-hydrogen) atoms. The van der Waals surface area contributed by atoms with Crippen LogP contribution in [-0.4, -0.2) is 40.5 Å². The molecule has 0 amide bonds. The van der Waals surface area contributed by atoms with Gasteiger partial charge in [-0.15, -0.1) is 0 Å². The van der Waals surface area contributed by atoms with Crippen LogP contribution < -0.4 is 5.32 Å². The molecule has 0 radical (unpaired) electrons. The van der Waals surface area contributed by atoms with E-state index in [2.05, 4.69) is 27.2 Å². The fourth-order valence-electron chi connectivity index (χ4n) is 4.32. The van der Waals surface area contributed by atoms with E-state index in [-0.39, 0.29) is 5.54 Å². The van der Waals surface area contributed by atoms with E-state index in [1.807, 2.05) is 12.4 Å². The summed E-state index contributed by atoms with van der Waals surface area (Å²) in [5, 5.41) is 3.58. The normalized spacial score (nSPS) is 24.6. The summed E-state index contributed by atoms with van der Waals surface area (Å²) in [7, 11) is 2.09. The molecule has 1 N–H and O–H groups in total. The zero-order chi connectivity index (χ0) is 13.8. The smallest absolute Gasteiger partial charge is 0.115 e. The van der Waals surface area contributed by atoms with Gasteiger partial charge in [0.25, 0.3) is 0 Å². The molecule has 3 rings (SSSR count). The van der Waals surface area contributed by atoms with E-state index < -0.39 is 0 Å². The van der Waals surface area contributed by atoms with Crippen molar-refractivity contribution in [2.45, 2.75) is 56.5 Å². The Labute approximate surface area is 122 Å². The number of nitrogens with zero attached hydrogens (tertiary/aromatic N) is 3. The Morgan fingerprint density at radius 3 is 2.30 bits per heavy atom. The van der Waals surface area contributed by atoms with Crippen molar-refractivity contribution < 1.29 is 0 Å². The third-order valence-corrected chi connectivity index (χ3v) is 5.20. The minimum absolute atomic E-state index is 0.278. The standard InChI is InChI=1S/C16H26N4/c1-17-15(14-11-18-13-19-12-14)16(7-3-4-8-16)20-9-5-2-6-10-20/h11-13,15,17H,2-10H2,1H3. The van der Waals surface area contributed by atoms with Crippen molar-refractivity contribution in [3.05, 3.63) is 24.3 Å². The number of hydrogen-bond donors (Lipinski definition) is 1. The van der Waals surface area contributed by atoms with Crippen LogP contribution in [-0.2, 0) is 0 Å². The number of rotatable bonds is 4. The van der Waals surface area contributed by atoms with Gasteiger partial charge < -0.3 is 5.32 Å². The van der Waals surface area contributed by atoms with Gasteiger partial charge in [-0.2, -0.15) is 0 Å². The largest absolute Gasteiger partial charge is 0.311 e. The van der Waals surface area contributed by atoms with Crippen LogP contribution in [0.15, 0.2) is 18.7 Å². The SMILES string of the molecule is CNC(c1cncnc1)C1(N2CCCCC2)CCCC1. The third-order valence-electron chi connectivity index (χ3n) is 5.20. The fourth-order valence-corrected chi connectivity index (χ4v) is 4.32. The maximum Gasteiger partial charge on any atom is 0.115 e. The molecule has 1 atom stereocenters. The first kappa shape index (κ1) is 14.0. The molecule has 2 aliphatic rings. The molecular weight excluding hydrogens is 248 g/mol. The van der Waals surface area contributed by atoms with Gasteiger partial charge in [-0.3, -0.25) is 4.90 Å². The van der Waals surface area contributed by atoms with Crippen LogP contribution in [0.3, 0.4) is 0 Å². The van der Waals surface area contributed by atoms with Crippen molar-refractivity contribution in [2.75, 3.05) is 20.1 Å². The molecule has 0 aromatic carbocycles. The number of likely N-dealkylation sites (tertiary alicyclic amines) is 1. The third kappa shape index (κ3) is 2.47. The molecule has 1 aliphatic heterocycles. The van der Waals surface area contributed by atoms with Crippen LogP contribution in [0.25, 0.3) is 0 Å². The molecule has 0 bridgehead atoms. The second-order valence-corrected chi connectivity index (χ2v) is 6.25. The molecular formula is C16H26N4. The highest BCUT2D eigenvalue weighted by Crippen LogP contribution is 2.45. The van der Waals surface area contributed by atoms with E-state index in [9.17, 15) is 0 Å². The monoisotopic (exact) mass is 274 g/mol. The molecule has 2 heterocycles. The summed E-state index contributed by atoms with van der Waals surface area (Å²) in [6.07, 6.45) is 15.0. The lowest BCUT2D eigenvalue weighted by atomic mass is 9.81. The maximum atomic E-state index is 4.23. The summed E-state index contributed by atoms with van der Waals surface area (Å²) < 4.78 is 0. The van der Waals surface area contributed by atoms with Crippen molar-refractivity contribution >= 4 is 0 Å². The van der Waals surface area contributed by atoms with E-state index in [4.69, 9.17) is 0 Å². The molecule has 0 spiro atoms. The average Bonchev–Trinajstić information content (AvgIpc) is 3.01. The van der Waals surface area contributed by atoms with Gasteiger partial charge in [0.05, 0.1) is 6.04 Å². The number of likely N-dealkylation sites (N-methyl/N-ethyl adjacent to an activating group) is 1. The topological polar surface area (TPSA) is 41.1 Å². The molecule has 4 heteroatoms. The molecule has 1 aliphatic carbocycles. The Balaban J connectivity index is 1.91. The van der Waals surface area contributed by atoms with Gasteiger partial charge in [0, 0.05) is 23.5 Å². The Bertz CT molecular complexity index is 408. The first-order valence-corrected chi connectivity index (χ1v) is 8.04. The van der Waals surface area contributed by atoms with E-state index in [1.165, 1.54) is 63.6 Å². The Morgan fingerprint density at radius 2 is 1.70 bits per heavy atom. The Hall–Kier alpha value is -1.00. The molecule has 1 saturated carbocycles. The van der Waals surface area contributed by atoms with Gasteiger partial charge in [-0.1, -0.05) is 19.3 Å². The van der Waals surface area contributed by atoms with Crippen molar-refractivity contribution in [3.63, 3.8) is 0 Å². The minimum atomic E-state index is 0.278. The number of aromatic nitrogens is 2. The van der Waals surface area contributed by atoms with Gasteiger partial charge in [0.1, 0.15) is 6.33 Å². The highest BCUT2D eigenvalue weighted by molar-refractivity contribution is 5.19. The van der Waals surface area contributed by atoms with E-state index in [1.54, 1.807) is 6.33 Å². The summed E-state index contributed by atoms with van der Waals surface area (Å²) in [5.74, 6) is 0. The molecule has 1 aromatic rings. The first-order valence-electron chi connectivity index (χ1n) is 8.04. The summed E-state index contributed by atoms with van der Waals surface area (Å²) >= 11 is 0. The van der Waals surface area contributed by atoms with Gasteiger partial charge in [0.15, 0.2) is 0 Å².